The van der Waals surface area contributed by atoms with Gasteiger partial charge in [-0.1, -0.05) is 25.0 Å². The number of carboxylic acids is 1. The molecule has 1 aliphatic rings. The molecule has 5 nitrogen and oxygen atoms in total. The standard InChI is InChI=1S/C20H23NO4/c22-19(12-9-15-7-10-16(11-8-15)20(23)24)21(17-4-1-2-5-17)14-18-6-3-13-25-18/h3,6-8,10-11,13,17H,1-2,4-5,9,12,14H2,(H,23,24). The van der Waals surface area contributed by atoms with Crippen molar-refractivity contribution in [3.63, 3.8) is 0 Å². The molecule has 132 valence electrons. The molecule has 0 saturated heterocycles. The molecule has 1 aliphatic carbocycles. The average molecular weight is 341 g/mol. The fraction of sp³-hybridized carbons (Fsp3) is 0.400. The summed E-state index contributed by atoms with van der Waals surface area (Å²) in [6.45, 7) is 0.522. The highest BCUT2D eigenvalue weighted by Crippen LogP contribution is 2.26. The normalized spacial score (nSPS) is 14.6. The van der Waals surface area contributed by atoms with Gasteiger partial charge in [0.2, 0.25) is 5.91 Å². The first-order valence-corrected chi connectivity index (χ1v) is 8.77. The van der Waals surface area contributed by atoms with Crippen LogP contribution < -0.4 is 0 Å². The molecular formula is C20H23NO4. The van der Waals surface area contributed by atoms with Crippen molar-refractivity contribution in [2.24, 2.45) is 0 Å². The highest BCUT2D eigenvalue weighted by atomic mass is 16.4. The Morgan fingerprint density at radius 2 is 1.84 bits per heavy atom. The minimum Gasteiger partial charge on any atom is -0.478 e. The van der Waals surface area contributed by atoms with Gasteiger partial charge in [0.15, 0.2) is 0 Å². The fourth-order valence-corrected chi connectivity index (χ4v) is 3.42. The van der Waals surface area contributed by atoms with Gasteiger partial charge in [-0.05, 0) is 49.1 Å². The summed E-state index contributed by atoms with van der Waals surface area (Å²) in [6.07, 6.45) is 7.12. The molecule has 1 amide bonds. The Morgan fingerprint density at radius 1 is 1.12 bits per heavy atom. The molecule has 25 heavy (non-hydrogen) atoms. The largest absolute Gasteiger partial charge is 0.478 e. The van der Waals surface area contributed by atoms with E-state index in [0.717, 1.165) is 24.2 Å². The molecule has 1 heterocycles. The van der Waals surface area contributed by atoms with Crippen LogP contribution in [0.25, 0.3) is 0 Å². The Balaban J connectivity index is 1.62. The zero-order valence-corrected chi connectivity index (χ0v) is 14.2. The summed E-state index contributed by atoms with van der Waals surface area (Å²) in [7, 11) is 0. The minimum absolute atomic E-state index is 0.130. The topological polar surface area (TPSA) is 70.8 Å². The van der Waals surface area contributed by atoms with Crippen LogP contribution in [-0.2, 0) is 17.8 Å². The van der Waals surface area contributed by atoms with E-state index in [-0.39, 0.29) is 11.5 Å². The summed E-state index contributed by atoms with van der Waals surface area (Å²) in [6, 6.07) is 10.8. The van der Waals surface area contributed by atoms with Crippen molar-refractivity contribution >= 4 is 11.9 Å². The molecule has 0 spiro atoms. The Hall–Kier alpha value is -2.56. The van der Waals surface area contributed by atoms with Crippen LogP contribution in [0.5, 0.6) is 0 Å². The van der Waals surface area contributed by atoms with Gasteiger partial charge in [0, 0.05) is 12.5 Å². The van der Waals surface area contributed by atoms with Gasteiger partial charge in [0.1, 0.15) is 5.76 Å². The molecule has 1 fully saturated rings. The van der Waals surface area contributed by atoms with Crippen LogP contribution in [-0.4, -0.2) is 27.9 Å². The summed E-state index contributed by atoms with van der Waals surface area (Å²) < 4.78 is 5.42. The Labute approximate surface area is 147 Å². The molecule has 0 bridgehead atoms. The second kappa shape index (κ2) is 8.01. The molecule has 0 atom stereocenters. The highest BCUT2D eigenvalue weighted by Gasteiger charge is 2.27. The van der Waals surface area contributed by atoms with Crippen molar-refractivity contribution in [2.45, 2.75) is 51.1 Å². The van der Waals surface area contributed by atoms with E-state index in [1.165, 1.54) is 12.8 Å². The van der Waals surface area contributed by atoms with Gasteiger partial charge in [0.05, 0.1) is 18.4 Å². The molecule has 1 aromatic carbocycles. The molecule has 0 aliphatic heterocycles. The third kappa shape index (κ3) is 4.50. The number of carboxylic acid groups (broad SMARTS) is 1. The zero-order chi connectivity index (χ0) is 17.6. The molecule has 1 N–H and O–H groups in total. The first-order valence-electron chi connectivity index (χ1n) is 8.77. The van der Waals surface area contributed by atoms with Crippen molar-refractivity contribution in [1.82, 2.24) is 4.90 Å². The zero-order valence-electron chi connectivity index (χ0n) is 14.2. The van der Waals surface area contributed by atoms with Crippen LogP contribution in [0.15, 0.2) is 47.1 Å². The fourth-order valence-electron chi connectivity index (χ4n) is 3.42. The predicted octanol–water partition coefficient (Wildman–Crippen LogP) is 3.88. The molecule has 0 unspecified atom stereocenters. The lowest BCUT2D eigenvalue weighted by molar-refractivity contribution is -0.134. The smallest absolute Gasteiger partial charge is 0.335 e. The lowest BCUT2D eigenvalue weighted by atomic mass is 10.1. The van der Waals surface area contributed by atoms with E-state index in [4.69, 9.17) is 9.52 Å². The first-order chi connectivity index (χ1) is 12.1. The number of amides is 1. The van der Waals surface area contributed by atoms with Crippen molar-refractivity contribution in [1.29, 1.82) is 0 Å². The molecule has 3 rings (SSSR count). The van der Waals surface area contributed by atoms with Crippen LogP contribution in [0.2, 0.25) is 0 Å². The van der Waals surface area contributed by atoms with E-state index in [9.17, 15) is 9.59 Å². The SMILES string of the molecule is O=C(O)c1ccc(CCC(=O)N(Cc2ccco2)C2CCCC2)cc1. The number of aryl methyl sites for hydroxylation is 1. The summed E-state index contributed by atoms with van der Waals surface area (Å²) >= 11 is 0. The third-order valence-corrected chi connectivity index (χ3v) is 4.82. The van der Waals surface area contributed by atoms with Gasteiger partial charge in [-0.25, -0.2) is 4.79 Å². The van der Waals surface area contributed by atoms with Gasteiger partial charge < -0.3 is 14.4 Å². The Kier molecular flexibility index (Phi) is 5.53. The molecule has 1 saturated carbocycles. The van der Waals surface area contributed by atoms with E-state index >= 15 is 0 Å². The highest BCUT2D eigenvalue weighted by molar-refractivity contribution is 5.87. The maximum Gasteiger partial charge on any atom is 0.335 e. The number of carbonyl (C=O) groups is 2. The van der Waals surface area contributed by atoms with Crippen LogP contribution in [0.4, 0.5) is 0 Å². The maximum absolute atomic E-state index is 12.8. The van der Waals surface area contributed by atoms with E-state index in [2.05, 4.69) is 0 Å². The number of benzene rings is 1. The number of carbonyl (C=O) groups excluding carboxylic acids is 1. The monoisotopic (exact) mass is 341 g/mol. The minimum atomic E-state index is -0.937. The lowest BCUT2D eigenvalue weighted by Crippen LogP contribution is -2.38. The Morgan fingerprint density at radius 3 is 2.44 bits per heavy atom. The lowest BCUT2D eigenvalue weighted by Gasteiger charge is -2.28. The first kappa shape index (κ1) is 17.3. The third-order valence-electron chi connectivity index (χ3n) is 4.82. The number of furan rings is 1. The van der Waals surface area contributed by atoms with E-state index in [0.29, 0.717) is 25.4 Å². The number of rotatable bonds is 7. The molecule has 0 radical (unpaired) electrons. The van der Waals surface area contributed by atoms with Gasteiger partial charge in [-0.2, -0.15) is 0 Å². The van der Waals surface area contributed by atoms with Crippen molar-refractivity contribution in [3.8, 4) is 0 Å². The number of nitrogens with zero attached hydrogens (tertiary/aromatic N) is 1. The maximum atomic E-state index is 12.8. The van der Waals surface area contributed by atoms with Gasteiger partial charge in [0.25, 0.3) is 0 Å². The number of hydrogen-bond acceptors (Lipinski definition) is 3. The van der Waals surface area contributed by atoms with E-state index < -0.39 is 5.97 Å². The number of hydrogen-bond donors (Lipinski definition) is 1. The molecular weight excluding hydrogens is 318 g/mol. The molecule has 5 heteroatoms. The van der Waals surface area contributed by atoms with Crippen LogP contribution in [0.1, 0.15) is 53.8 Å². The van der Waals surface area contributed by atoms with Gasteiger partial charge in [-0.3, -0.25) is 4.79 Å². The van der Waals surface area contributed by atoms with Crippen molar-refractivity contribution < 1.29 is 19.1 Å². The summed E-state index contributed by atoms with van der Waals surface area (Å²) in [5.41, 5.74) is 1.24. The van der Waals surface area contributed by atoms with Gasteiger partial charge in [-0.15, -0.1) is 0 Å². The molecule has 1 aromatic heterocycles. The van der Waals surface area contributed by atoms with Crippen molar-refractivity contribution in [3.05, 3.63) is 59.5 Å². The van der Waals surface area contributed by atoms with Gasteiger partial charge >= 0.3 is 5.97 Å². The average Bonchev–Trinajstić information content (AvgIpc) is 3.31. The molecule has 2 aromatic rings. The van der Waals surface area contributed by atoms with E-state index in [1.807, 2.05) is 17.0 Å². The summed E-state index contributed by atoms with van der Waals surface area (Å²) in [5.74, 6) is 0.00477. The summed E-state index contributed by atoms with van der Waals surface area (Å²) in [4.78, 5) is 25.6. The summed E-state index contributed by atoms with van der Waals surface area (Å²) in [5, 5.41) is 8.94. The van der Waals surface area contributed by atoms with Crippen LogP contribution >= 0.6 is 0 Å². The predicted molar refractivity (Wildman–Crippen MR) is 93.2 cm³/mol. The van der Waals surface area contributed by atoms with Crippen LogP contribution in [0, 0.1) is 0 Å². The van der Waals surface area contributed by atoms with Crippen molar-refractivity contribution in [2.75, 3.05) is 0 Å². The quantitative estimate of drug-likeness (QED) is 0.829. The number of aromatic carboxylic acids is 1. The van der Waals surface area contributed by atoms with Crippen LogP contribution in [0.3, 0.4) is 0 Å². The Bertz CT molecular complexity index is 700. The second-order valence-corrected chi connectivity index (χ2v) is 6.54. The van der Waals surface area contributed by atoms with E-state index in [1.54, 1.807) is 30.5 Å². The second-order valence-electron chi connectivity index (χ2n) is 6.54.